The molecule has 0 saturated carbocycles. The molecule has 0 N–H and O–H groups in total. The predicted molar refractivity (Wildman–Crippen MR) is 81.0 cm³/mol. The molecular weight excluding hydrogens is 302 g/mol. The van der Waals surface area contributed by atoms with Crippen LogP contribution in [-0.4, -0.2) is 42.9 Å². The van der Waals surface area contributed by atoms with Crippen molar-refractivity contribution in [1.29, 1.82) is 0 Å². The summed E-state index contributed by atoms with van der Waals surface area (Å²) in [7, 11) is 0. The Morgan fingerprint density at radius 1 is 1.04 bits per heavy atom. The smallest absolute Gasteiger partial charge is 0.269 e. The van der Waals surface area contributed by atoms with Gasteiger partial charge in [0.2, 0.25) is 0 Å². The van der Waals surface area contributed by atoms with Crippen molar-refractivity contribution in [3.05, 3.63) is 39.9 Å². The standard InChI is InChI=1S/C16H21NO6/c1-15(20-8-9-21-15)12-16(22-10-11-23-16)7-6-13-2-4-14(5-3-13)17(18)19/h2-5H,6-12H2,1H3. The third-order valence-corrected chi connectivity index (χ3v) is 4.24. The summed E-state index contributed by atoms with van der Waals surface area (Å²) in [5.74, 6) is -1.40. The van der Waals surface area contributed by atoms with E-state index < -0.39 is 16.5 Å². The van der Waals surface area contributed by atoms with Crippen molar-refractivity contribution in [2.75, 3.05) is 26.4 Å². The van der Waals surface area contributed by atoms with Crippen molar-refractivity contribution in [3.63, 3.8) is 0 Å². The van der Waals surface area contributed by atoms with Gasteiger partial charge in [0.1, 0.15) is 0 Å². The SMILES string of the molecule is CC1(CC2(CCc3ccc([N+](=O)[O-])cc3)OCCO2)OCCO1. The van der Waals surface area contributed by atoms with Gasteiger partial charge in [-0.15, -0.1) is 0 Å². The Morgan fingerprint density at radius 2 is 1.61 bits per heavy atom. The van der Waals surface area contributed by atoms with Crippen LogP contribution in [0.25, 0.3) is 0 Å². The zero-order chi connectivity index (χ0) is 16.3. The number of non-ortho nitro benzene ring substituents is 1. The van der Waals surface area contributed by atoms with E-state index in [0.29, 0.717) is 45.7 Å². The topological polar surface area (TPSA) is 80.1 Å². The molecule has 3 rings (SSSR count). The molecule has 23 heavy (non-hydrogen) atoms. The minimum absolute atomic E-state index is 0.0945. The molecule has 0 aliphatic carbocycles. The molecule has 2 saturated heterocycles. The van der Waals surface area contributed by atoms with Crippen LogP contribution in [0.3, 0.4) is 0 Å². The van der Waals surface area contributed by atoms with E-state index in [1.807, 2.05) is 6.92 Å². The van der Waals surface area contributed by atoms with E-state index >= 15 is 0 Å². The molecule has 0 amide bonds. The van der Waals surface area contributed by atoms with E-state index in [2.05, 4.69) is 0 Å². The van der Waals surface area contributed by atoms with Crippen molar-refractivity contribution in [2.24, 2.45) is 0 Å². The number of nitro groups is 1. The van der Waals surface area contributed by atoms with Crippen molar-refractivity contribution >= 4 is 5.69 Å². The van der Waals surface area contributed by atoms with Gasteiger partial charge >= 0.3 is 0 Å². The van der Waals surface area contributed by atoms with Gasteiger partial charge in [-0.3, -0.25) is 10.1 Å². The molecule has 0 bridgehead atoms. The Kier molecular flexibility index (Phi) is 4.63. The molecule has 1 aromatic rings. The Bertz CT molecular complexity index is 546. The number of hydrogen-bond acceptors (Lipinski definition) is 6. The van der Waals surface area contributed by atoms with E-state index in [0.717, 1.165) is 5.56 Å². The zero-order valence-corrected chi connectivity index (χ0v) is 13.2. The van der Waals surface area contributed by atoms with Gasteiger partial charge in [0, 0.05) is 18.6 Å². The second kappa shape index (κ2) is 6.52. The summed E-state index contributed by atoms with van der Waals surface area (Å²) in [5.41, 5.74) is 1.10. The highest BCUT2D eigenvalue weighted by Crippen LogP contribution is 2.37. The Balaban J connectivity index is 1.64. The number of benzene rings is 1. The van der Waals surface area contributed by atoms with Crippen molar-refractivity contribution in [2.45, 2.75) is 37.8 Å². The summed E-state index contributed by atoms with van der Waals surface area (Å²) in [5, 5.41) is 10.7. The highest BCUT2D eigenvalue weighted by atomic mass is 16.8. The van der Waals surface area contributed by atoms with Crippen LogP contribution in [0.4, 0.5) is 5.69 Å². The monoisotopic (exact) mass is 323 g/mol. The molecule has 7 nitrogen and oxygen atoms in total. The van der Waals surface area contributed by atoms with Gasteiger partial charge in [-0.2, -0.15) is 0 Å². The van der Waals surface area contributed by atoms with Gasteiger partial charge in [0.25, 0.3) is 5.69 Å². The highest BCUT2D eigenvalue weighted by Gasteiger charge is 2.46. The molecule has 7 heteroatoms. The molecule has 126 valence electrons. The fourth-order valence-electron chi connectivity index (χ4n) is 3.10. The largest absolute Gasteiger partial charge is 0.348 e. The molecule has 0 atom stereocenters. The Labute approximate surface area is 134 Å². The average molecular weight is 323 g/mol. The highest BCUT2D eigenvalue weighted by molar-refractivity contribution is 5.32. The number of nitrogens with zero attached hydrogens (tertiary/aromatic N) is 1. The lowest BCUT2D eigenvalue weighted by Crippen LogP contribution is -2.41. The van der Waals surface area contributed by atoms with Crippen LogP contribution < -0.4 is 0 Å². The summed E-state index contributed by atoms with van der Waals surface area (Å²) < 4.78 is 23.1. The van der Waals surface area contributed by atoms with Crippen molar-refractivity contribution < 1.29 is 23.9 Å². The number of rotatable bonds is 6. The first-order chi connectivity index (χ1) is 11.0. The van der Waals surface area contributed by atoms with Crippen LogP contribution in [-0.2, 0) is 25.4 Å². The number of hydrogen-bond donors (Lipinski definition) is 0. The number of aryl methyl sites for hydroxylation is 1. The molecule has 0 aromatic heterocycles. The molecule has 2 aliphatic rings. The van der Waals surface area contributed by atoms with Crippen molar-refractivity contribution in [1.82, 2.24) is 0 Å². The maximum absolute atomic E-state index is 10.7. The second-order valence-electron chi connectivity index (χ2n) is 6.04. The zero-order valence-electron chi connectivity index (χ0n) is 13.2. The van der Waals surface area contributed by atoms with E-state index in [1.165, 1.54) is 12.1 Å². The maximum Gasteiger partial charge on any atom is 0.269 e. The summed E-state index contributed by atoms with van der Waals surface area (Å²) >= 11 is 0. The molecule has 0 radical (unpaired) electrons. The van der Waals surface area contributed by atoms with E-state index in [-0.39, 0.29) is 5.69 Å². The van der Waals surface area contributed by atoms with Crippen molar-refractivity contribution in [3.8, 4) is 0 Å². The summed E-state index contributed by atoms with van der Waals surface area (Å²) in [6.07, 6.45) is 1.86. The lowest BCUT2D eigenvalue weighted by molar-refractivity contribution is -0.384. The number of nitro benzene ring substituents is 1. The van der Waals surface area contributed by atoms with Gasteiger partial charge in [0.15, 0.2) is 11.6 Å². The summed E-state index contributed by atoms with van der Waals surface area (Å²) in [4.78, 5) is 10.3. The van der Waals surface area contributed by atoms with Gasteiger partial charge in [0.05, 0.1) is 37.8 Å². The van der Waals surface area contributed by atoms with E-state index in [4.69, 9.17) is 18.9 Å². The van der Waals surface area contributed by atoms with Crippen LogP contribution in [0, 0.1) is 10.1 Å². The molecule has 0 spiro atoms. The van der Waals surface area contributed by atoms with Crippen LogP contribution >= 0.6 is 0 Å². The predicted octanol–water partition coefficient (Wildman–Crippen LogP) is 2.42. The van der Waals surface area contributed by atoms with Gasteiger partial charge in [-0.25, -0.2) is 0 Å². The fourth-order valence-corrected chi connectivity index (χ4v) is 3.10. The molecule has 0 unspecified atom stereocenters. The van der Waals surface area contributed by atoms with Gasteiger partial charge in [-0.05, 0) is 18.9 Å². The van der Waals surface area contributed by atoms with Crippen LogP contribution in [0.15, 0.2) is 24.3 Å². The van der Waals surface area contributed by atoms with Crippen LogP contribution in [0.2, 0.25) is 0 Å². The second-order valence-corrected chi connectivity index (χ2v) is 6.04. The third kappa shape index (κ3) is 3.87. The lowest BCUT2D eigenvalue weighted by Gasteiger charge is -2.34. The first-order valence-corrected chi connectivity index (χ1v) is 7.80. The Hall–Kier alpha value is -1.54. The first-order valence-electron chi connectivity index (χ1n) is 7.80. The molecule has 2 heterocycles. The van der Waals surface area contributed by atoms with Crippen LogP contribution in [0.5, 0.6) is 0 Å². The molecule has 1 aromatic carbocycles. The van der Waals surface area contributed by atoms with Gasteiger partial charge in [-0.1, -0.05) is 12.1 Å². The quantitative estimate of drug-likeness (QED) is 0.591. The first kappa shape index (κ1) is 16.3. The summed E-state index contributed by atoms with van der Waals surface area (Å²) in [6, 6.07) is 6.57. The van der Waals surface area contributed by atoms with E-state index in [1.54, 1.807) is 12.1 Å². The normalized spacial score (nSPS) is 22.3. The minimum Gasteiger partial charge on any atom is -0.348 e. The molecule has 2 fully saturated rings. The molecule has 2 aliphatic heterocycles. The maximum atomic E-state index is 10.7. The van der Waals surface area contributed by atoms with E-state index in [9.17, 15) is 10.1 Å². The van der Waals surface area contributed by atoms with Gasteiger partial charge < -0.3 is 18.9 Å². The average Bonchev–Trinajstić information content (AvgIpc) is 3.16. The fraction of sp³-hybridized carbons (Fsp3) is 0.625. The van der Waals surface area contributed by atoms with Crippen LogP contribution in [0.1, 0.15) is 25.3 Å². The number of ether oxygens (including phenoxy) is 4. The Morgan fingerprint density at radius 3 is 2.17 bits per heavy atom. The minimum atomic E-state index is -0.721. The lowest BCUT2D eigenvalue weighted by atomic mass is 9.98. The molecular formula is C16H21NO6. The third-order valence-electron chi connectivity index (χ3n) is 4.24. The summed E-state index contributed by atoms with van der Waals surface area (Å²) in [6.45, 7) is 4.16.